The minimum Gasteiger partial charge on any atom is -0.348 e. The molecule has 0 spiro atoms. The molecule has 0 bridgehead atoms. The smallest absolute Gasteiger partial charge is 0.251 e. The van der Waals surface area contributed by atoms with Gasteiger partial charge in [0, 0.05) is 12.1 Å². The fraction of sp³-hybridized carbons (Fsp3) is 0.278. The lowest BCUT2D eigenvalue weighted by molar-refractivity contribution is 0.0951. The van der Waals surface area contributed by atoms with Crippen LogP contribution in [-0.2, 0) is 19.4 Å². The van der Waals surface area contributed by atoms with Gasteiger partial charge in [-0.15, -0.1) is 0 Å². The van der Waals surface area contributed by atoms with Crippen LogP contribution in [0.3, 0.4) is 0 Å². The van der Waals surface area contributed by atoms with E-state index in [-0.39, 0.29) is 11.7 Å². The Hall–Kier alpha value is -2.16. The summed E-state index contributed by atoms with van der Waals surface area (Å²) in [5.74, 6) is -0.340. The summed E-state index contributed by atoms with van der Waals surface area (Å²) in [6.07, 6.45) is 4.62. The first-order chi connectivity index (χ1) is 10.2. The number of carbonyl (C=O) groups is 1. The molecular weight excluding hydrogens is 265 g/mol. The van der Waals surface area contributed by atoms with E-state index in [0.29, 0.717) is 12.1 Å². The molecule has 0 radical (unpaired) electrons. The molecule has 2 nitrogen and oxygen atoms in total. The summed E-state index contributed by atoms with van der Waals surface area (Å²) < 4.78 is 12.8. The maximum absolute atomic E-state index is 12.8. The van der Waals surface area contributed by atoms with Crippen molar-refractivity contribution >= 4 is 5.91 Å². The normalized spacial score (nSPS) is 13.6. The highest BCUT2D eigenvalue weighted by molar-refractivity contribution is 5.94. The Balaban J connectivity index is 1.66. The summed E-state index contributed by atoms with van der Waals surface area (Å²) in [6, 6.07) is 12.1. The van der Waals surface area contributed by atoms with Gasteiger partial charge < -0.3 is 5.32 Å². The van der Waals surface area contributed by atoms with Crippen molar-refractivity contribution in [3.8, 4) is 0 Å². The van der Waals surface area contributed by atoms with E-state index in [1.807, 2.05) is 12.1 Å². The second-order valence-electron chi connectivity index (χ2n) is 5.50. The van der Waals surface area contributed by atoms with E-state index in [1.165, 1.54) is 36.1 Å². The molecule has 0 fully saturated rings. The van der Waals surface area contributed by atoms with Crippen molar-refractivity contribution in [2.75, 3.05) is 0 Å². The molecule has 2 aromatic carbocycles. The van der Waals surface area contributed by atoms with E-state index >= 15 is 0 Å². The van der Waals surface area contributed by atoms with E-state index in [4.69, 9.17) is 0 Å². The summed E-state index contributed by atoms with van der Waals surface area (Å²) in [5.41, 5.74) is 4.27. The van der Waals surface area contributed by atoms with Gasteiger partial charge in [0.05, 0.1) is 0 Å². The van der Waals surface area contributed by atoms with Crippen LogP contribution in [0.2, 0.25) is 0 Å². The van der Waals surface area contributed by atoms with E-state index in [2.05, 4.69) is 11.4 Å². The molecule has 0 aliphatic heterocycles. The lowest BCUT2D eigenvalue weighted by atomic mass is 9.90. The van der Waals surface area contributed by atoms with Gasteiger partial charge in [0.2, 0.25) is 0 Å². The standard InChI is InChI=1S/C18H18FNO/c19-17-9-5-13(6-10-17)12-20-18(21)16-8-7-14-3-1-2-4-15(14)11-16/h5-11H,1-4,12H2,(H,20,21). The lowest BCUT2D eigenvalue weighted by Crippen LogP contribution is -2.23. The summed E-state index contributed by atoms with van der Waals surface area (Å²) >= 11 is 0. The van der Waals surface area contributed by atoms with Crippen LogP contribution in [0.1, 0.15) is 39.9 Å². The summed E-state index contributed by atoms with van der Waals surface area (Å²) in [7, 11) is 0. The SMILES string of the molecule is O=C(NCc1ccc(F)cc1)c1ccc2c(c1)CCCC2. The first-order valence-electron chi connectivity index (χ1n) is 7.37. The second-order valence-corrected chi connectivity index (χ2v) is 5.50. The largest absolute Gasteiger partial charge is 0.348 e. The number of benzene rings is 2. The lowest BCUT2D eigenvalue weighted by Gasteiger charge is -2.16. The van der Waals surface area contributed by atoms with Crippen LogP contribution < -0.4 is 5.32 Å². The highest BCUT2D eigenvalue weighted by atomic mass is 19.1. The van der Waals surface area contributed by atoms with Crippen molar-refractivity contribution < 1.29 is 9.18 Å². The molecule has 0 unspecified atom stereocenters. The molecule has 1 amide bonds. The van der Waals surface area contributed by atoms with Crippen molar-refractivity contribution in [3.05, 3.63) is 70.5 Å². The van der Waals surface area contributed by atoms with Gasteiger partial charge in [0.15, 0.2) is 0 Å². The number of nitrogens with one attached hydrogen (secondary N) is 1. The van der Waals surface area contributed by atoms with Crippen LogP contribution in [0, 0.1) is 5.82 Å². The Morgan fingerprint density at radius 3 is 2.48 bits per heavy atom. The Morgan fingerprint density at radius 1 is 1.00 bits per heavy atom. The highest BCUT2D eigenvalue weighted by Crippen LogP contribution is 2.22. The van der Waals surface area contributed by atoms with E-state index in [9.17, 15) is 9.18 Å². The average Bonchev–Trinajstić information content (AvgIpc) is 2.53. The summed E-state index contributed by atoms with van der Waals surface area (Å²) in [6.45, 7) is 0.413. The van der Waals surface area contributed by atoms with Crippen LogP contribution in [0.15, 0.2) is 42.5 Å². The van der Waals surface area contributed by atoms with Crippen LogP contribution in [0.5, 0.6) is 0 Å². The number of hydrogen-bond donors (Lipinski definition) is 1. The minimum atomic E-state index is -0.264. The molecule has 0 saturated heterocycles. The van der Waals surface area contributed by atoms with Gasteiger partial charge >= 0.3 is 0 Å². The minimum absolute atomic E-state index is 0.0762. The Bertz CT molecular complexity index is 649. The number of rotatable bonds is 3. The van der Waals surface area contributed by atoms with Crippen molar-refractivity contribution in [2.24, 2.45) is 0 Å². The third-order valence-electron chi connectivity index (χ3n) is 3.98. The van der Waals surface area contributed by atoms with Crippen LogP contribution in [0.4, 0.5) is 4.39 Å². The number of fused-ring (bicyclic) bond motifs is 1. The van der Waals surface area contributed by atoms with Crippen molar-refractivity contribution in [1.29, 1.82) is 0 Å². The number of carbonyl (C=O) groups excluding carboxylic acids is 1. The molecule has 0 atom stereocenters. The number of hydrogen-bond acceptors (Lipinski definition) is 1. The average molecular weight is 283 g/mol. The number of amides is 1. The van der Waals surface area contributed by atoms with E-state index < -0.39 is 0 Å². The van der Waals surface area contributed by atoms with Gasteiger partial charge in [-0.25, -0.2) is 4.39 Å². The zero-order valence-electron chi connectivity index (χ0n) is 11.9. The molecule has 3 rings (SSSR count). The first kappa shape index (κ1) is 13.8. The molecule has 0 heterocycles. The fourth-order valence-electron chi connectivity index (χ4n) is 2.76. The first-order valence-corrected chi connectivity index (χ1v) is 7.37. The fourth-order valence-corrected chi connectivity index (χ4v) is 2.76. The van der Waals surface area contributed by atoms with Gasteiger partial charge in [-0.05, 0) is 66.6 Å². The van der Waals surface area contributed by atoms with Gasteiger partial charge in [-0.2, -0.15) is 0 Å². The maximum atomic E-state index is 12.8. The predicted octanol–water partition coefficient (Wildman–Crippen LogP) is 3.63. The van der Waals surface area contributed by atoms with Gasteiger partial charge in [-0.3, -0.25) is 4.79 Å². The quantitative estimate of drug-likeness (QED) is 0.915. The number of aryl methyl sites for hydroxylation is 2. The third-order valence-corrected chi connectivity index (χ3v) is 3.98. The zero-order chi connectivity index (χ0) is 14.7. The molecular formula is C18H18FNO. The van der Waals surface area contributed by atoms with Crippen LogP contribution in [-0.4, -0.2) is 5.91 Å². The second kappa shape index (κ2) is 6.08. The monoisotopic (exact) mass is 283 g/mol. The molecule has 1 aliphatic carbocycles. The molecule has 2 aromatic rings. The highest BCUT2D eigenvalue weighted by Gasteiger charge is 2.12. The van der Waals surface area contributed by atoms with Gasteiger partial charge in [-0.1, -0.05) is 18.2 Å². The van der Waals surface area contributed by atoms with E-state index in [1.54, 1.807) is 12.1 Å². The third kappa shape index (κ3) is 3.30. The predicted molar refractivity (Wildman–Crippen MR) is 80.7 cm³/mol. The Morgan fingerprint density at radius 2 is 1.71 bits per heavy atom. The van der Waals surface area contributed by atoms with Crippen molar-refractivity contribution in [3.63, 3.8) is 0 Å². The maximum Gasteiger partial charge on any atom is 0.251 e. The molecule has 0 saturated carbocycles. The molecule has 21 heavy (non-hydrogen) atoms. The van der Waals surface area contributed by atoms with Crippen LogP contribution in [0.25, 0.3) is 0 Å². The number of halogens is 1. The van der Waals surface area contributed by atoms with Crippen molar-refractivity contribution in [1.82, 2.24) is 5.32 Å². The molecule has 1 N–H and O–H groups in total. The van der Waals surface area contributed by atoms with Crippen molar-refractivity contribution in [2.45, 2.75) is 32.2 Å². The Labute approximate surface area is 124 Å². The zero-order valence-corrected chi connectivity index (χ0v) is 11.9. The Kier molecular flexibility index (Phi) is 4.00. The summed E-state index contributed by atoms with van der Waals surface area (Å²) in [4.78, 5) is 12.2. The molecule has 1 aliphatic rings. The van der Waals surface area contributed by atoms with E-state index in [0.717, 1.165) is 18.4 Å². The molecule has 0 aromatic heterocycles. The van der Waals surface area contributed by atoms with Crippen LogP contribution >= 0.6 is 0 Å². The topological polar surface area (TPSA) is 29.1 Å². The molecule has 108 valence electrons. The molecule has 3 heteroatoms. The summed E-state index contributed by atoms with van der Waals surface area (Å²) in [5, 5.41) is 2.88. The van der Waals surface area contributed by atoms with Gasteiger partial charge in [0.25, 0.3) is 5.91 Å². The van der Waals surface area contributed by atoms with Gasteiger partial charge in [0.1, 0.15) is 5.82 Å².